The second kappa shape index (κ2) is 5.99. The van der Waals surface area contributed by atoms with E-state index in [1.165, 1.54) is 0 Å². The van der Waals surface area contributed by atoms with Gasteiger partial charge in [0, 0.05) is 19.7 Å². The van der Waals surface area contributed by atoms with Crippen LogP contribution in [0.15, 0.2) is 18.2 Å². The maximum Gasteiger partial charge on any atom is 0.231 e. The highest BCUT2D eigenvalue weighted by Gasteiger charge is 2.21. The summed E-state index contributed by atoms with van der Waals surface area (Å²) < 4.78 is 16.2. The Bertz CT molecular complexity index is 459. The fraction of sp³-hybridized carbons (Fsp3) is 0.600. The highest BCUT2D eigenvalue weighted by atomic mass is 16.7. The maximum absolute atomic E-state index is 10.3. The van der Waals surface area contributed by atoms with Crippen molar-refractivity contribution in [3.8, 4) is 11.5 Å². The van der Waals surface area contributed by atoms with Crippen molar-refractivity contribution in [2.24, 2.45) is 0 Å². The molecule has 0 spiro atoms. The summed E-state index contributed by atoms with van der Waals surface area (Å²) in [6.45, 7) is 2.57. The summed E-state index contributed by atoms with van der Waals surface area (Å²) in [5, 5.41) is 10.3. The van der Waals surface area contributed by atoms with Crippen LogP contribution in [0.1, 0.15) is 24.5 Å². The van der Waals surface area contributed by atoms with Crippen molar-refractivity contribution in [2.45, 2.75) is 25.0 Å². The van der Waals surface area contributed by atoms with Gasteiger partial charge in [0.05, 0.1) is 12.2 Å². The van der Waals surface area contributed by atoms with Crippen LogP contribution in [0, 0.1) is 0 Å². The number of hydrogen-bond donors (Lipinski definition) is 1. The van der Waals surface area contributed by atoms with Crippen LogP contribution in [0.5, 0.6) is 11.5 Å². The molecule has 1 N–H and O–H groups in total. The van der Waals surface area contributed by atoms with Crippen molar-refractivity contribution in [3.63, 3.8) is 0 Å². The topological polar surface area (TPSA) is 51.2 Å². The molecule has 0 amide bonds. The molecule has 0 radical (unpaired) electrons. The first kappa shape index (κ1) is 13.7. The predicted molar refractivity (Wildman–Crippen MR) is 74.0 cm³/mol. The highest BCUT2D eigenvalue weighted by molar-refractivity contribution is 5.45. The summed E-state index contributed by atoms with van der Waals surface area (Å²) in [5.74, 6) is 1.46. The van der Waals surface area contributed by atoms with Gasteiger partial charge in [-0.2, -0.15) is 0 Å². The van der Waals surface area contributed by atoms with Crippen molar-refractivity contribution >= 4 is 0 Å². The molecule has 0 unspecified atom stereocenters. The molecule has 1 saturated heterocycles. The molecule has 5 heteroatoms. The largest absolute Gasteiger partial charge is 0.454 e. The summed E-state index contributed by atoms with van der Waals surface area (Å²) in [7, 11) is 2.01. The first-order valence-electron chi connectivity index (χ1n) is 7.10. The van der Waals surface area contributed by atoms with E-state index in [0.717, 1.165) is 37.3 Å². The van der Waals surface area contributed by atoms with Gasteiger partial charge in [0.1, 0.15) is 0 Å². The standard InChI is InChI=1S/C15H21NO4/c1-16(8-12-3-2-6-18-12)9-13(17)11-4-5-14-15(7-11)20-10-19-14/h4-5,7,12-13,17H,2-3,6,8-10H2,1H3/t12-,13+/m0/s1. The minimum atomic E-state index is -0.532. The molecule has 5 nitrogen and oxygen atoms in total. The zero-order valence-electron chi connectivity index (χ0n) is 11.7. The first-order chi connectivity index (χ1) is 9.72. The molecule has 1 aromatic carbocycles. The summed E-state index contributed by atoms with van der Waals surface area (Å²) >= 11 is 0. The molecule has 0 aliphatic carbocycles. The van der Waals surface area contributed by atoms with Crippen molar-refractivity contribution < 1.29 is 19.3 Å². The Labute approximate surface area is 119 Å². The van der Waals surface area contributed by atoms with Crippen LogP contribution in [-0.2, 0) is 4.74 Å². The third-order valence-corrected chi connectivity index (χ3v) is 3.81. The SMILES string of the molecule is CN(C[C@@H]1CCCO1)C[C@@H](O)c1ccc2c(c1)OCO2. The van der Waals surface area contributed by atoms with Crippen LogP contribution < -0.4 is 9.47 Å². The monoisotopic (exact) mass is 279 g/mol. The summed E-state index contributed by atoms with van der Waals surface area (Å²) in [5.41, 5.74) is 0.855. The Morgan fingerprint density at radius 2 is 2.20 bits per heavy atom. The molecular weight excluding hydrogens is 258 g/mol. The lowest BCUT2D eigenvalue weighted by molar-refractivity contribution is 0.0601. The van der Waals surface area contributed by atoms with Crippen molar-refractivity contribution in [1.82, 2.24) is 4.90 Å². The Kier molecular flexibility index (Phi) is 4.10. The predicted octanol–water partition coefficient (Wildman–Crippen LogP) is 1.56. The van der Waals surface area contributed by atoms with Crippen molar-refractivity contribution in [2.75, 3.05) is 33.5 Å². The Morgan fingerprint density at radius 3 is 3.00 bits per heavy atom. The lowest BCUT2D eigenvalue weighted by Gasteiger charge is -2.23. The zero-order chi connectivity index (χ0) is 13.9. The van der Waals surface area contributed by atoms with Crippen LogP contribution in [0.25, 0.3) is 0 Å². The van der Waals surface area contributed by atoms with E-state index in [-0.39, 0.29) is 6.79 Å². The van der Waals surface area contributed by atoms with E-state index in [4.69, 9.17) is 14.2 Å². The van der Waals surface area contributed by atoms with E-state index < -0.39 is 6.10 Å². The quantitative estimate of drug-likeness (QED) is 0.886. The van der Waals surface area contributed by atoms with Crippen molar-refractivity contribution in [3.05, 3.63) is 23.8 Å². The van der Waals surface area contributed by atoms with Crippen LogP contribution in [0.3, 0.4) is 0 Å². The van der Waals surface area contributed by atoms with E-state index in [2.05, 4.69) is 4.90 Å². The first-order valence-corrected chi connectivity index (χ1v) is 7.10. The number of aliphatic hydroxyl groups is 1. The molecular formula is C15H21NO4. The molecule has 2 atom stereocenters. The highest BCUT2D eigenvalue weighted by Crippen LogP contribution is 2.34. The van der Waals surface area contributed by atoms with E-state index in [1.54, 1.807) is 0 Å². The van der Waals surface area contributed by atoms with Gasteiger partial charge in [0.2, 0.25) is 6.79 Å². The molecule has 0 bridgehead atoms. The lowest BCUT2D eigenvalue weighted by atomic mass is 10.1. The summed E-state index contributed by atoms with van der Waals surface area (Å²) in [6, 6.07) is 5.59. The molecule has 20 heavy (non-hydrogen) atoms. The van der Waals surface area contributed by atoms with Gasteiger partial charge >= 0.3 is 0 Å². The summed E-state index contributed by atoms with van der Waals surface area (Å²) in [4.78, 5) is 2.12. The van der Waals surface area contributed by atoms with Crippen LogP contribution in [0.2, 0.25) is 0 Å². The molecule has 0 saturated carbocycles. The third kappa shape index (κ3) is 3.06. The zero-order valence-corrected chi connectivity index (χ0v) is 11.7. The summed E-state index contributed by atoms with van der Waals surface area (Å²) in [6.07, 6.45) is 2.04. The fourth-order valence-electron chi connectivity index (χ4n) is 2.73. The van der Waals surface area contributed by atoms with E-state index in [0.29, 0.717) is 18.4 Å². The minimum Gasteiger partial charge on any atom is -0.454 e. The minimum absolute atomic E-state index is 0.258. The van der Waals surface area contributed by atoms with Gasteiger partial charge in [-0.3, -0.25) is 0 Å². The average Bonchev–Trinajstić information content (AvgIpc) is 3.07. The molecule has 3 rings (SSSR count). The van der Waals surface area contributed by atoms with Crippen LogP contribution in [-0.4, -0.2) is 49.6 Å². The smallest absolute Gasteiger partial charge is 0.231 e. The van der Waals surface area contributed by atoms with Crippen LogP contribution in [0.4, 0.5) is 0 Å². The molecule has 110 valence electrons. The lowest BCUT2D eigenvalue weighted by Crippen LogP contribution is -2.32. The second-order valence-electron chi connectivity index (χ2n) is 5.48. The van der Waals surface area contributed by atoms with Gasteiger partial charge < -0.3 is 24.2 Å². The van der Waals surface area contributed by atoms with E-state index in [1.807, 2.05) is 25.2 Å². The van der Waals surface area contributed by atoms with Gasteiger partial charge in [-0.05, 0) is 37.6 Å². The number of likely N-dealkylation sites (N-methyl/N-ethyl adjacent to an activating group) is 1. The van der Waals surface area contributed by atoms with Crippen molar-refractivity contribution in [1.29, 1.82) is 0 Å². The number of hydrogen-bond acceptors (Lipinski definition) is 5. The fourth-order valence-corrected chi connectivity index (χ4v) is 2.73. The second-order valence-corrected chi connectivity index (χ2v) is 5.48. The molecule has 2 aliphatic rings. The van der Waals surface area contributed by atoms with Gasteiger partial charge in [-0.25, -0.2) is 0 Å². The molecule has 1 aromatic rings. The molecule has 0 aromatic heterocycles. The van der Waals surface area contributed by atoms with E-state index >= 15 is 0 Å². The van der Waals surface area contributed by atoms with E-state index in [9.17, 15) is 5.11 Å². The number of benzene rings is 1. The molecule has 1 fully saturated rings. The van der Waals surface area contributed by atoms with Crippen LogP contribution >= 0.6 is 0 Å². The Balaban J connectivity index is 1.56. The van der Waals surface area contributed by atoms with Gasteiger partial charge in [-0.15, -0.1) is 0 Å². The number of ether oxygens (including phenoxy) is 3. The van der Waals surface area contributed by atoms with Gasteiger partial charge in [0.25, 0.3) is 0 Å². The number of aliphatic hydroxyl groups excluding tert-OH is 1. The third-order valence-electron chi connectivity index (χ3n) is 3.81. The number of nitrogens with zero attached hydrogens (tertiary/aromatic N) is 1. The Morgan fingerprint density at radius 1 is 1.35 bits per heavy atom. The number of fused-ring (bicyclic) bond motifs is 1. The normalized spacial score (nSPS) is 22.4. The number of rotatable bonds is 5. The maximum atomic E-state index is 10.3. The molecule has 2 aliphatic heterocycles. The Hall–Kier alpha value is -1.30. The van der Waals surface area contributed by atoms with Gasteiger partial charge in [0.15, 0.2) is 11.5 Å². The molecule has 2 heterocycles. The van der Waals surface area contributed by atoms with Gasteiger partial charge in [-0.1, -0.05) is 6.07 Å². The average molecular weight is 279 g/mol.